The molecule has 0 amide bonds. The van der Waals surface area contributed by atoms with Crippen molar-refractivity contribution in [3.63, 3.8) is 0 Å². The molecule has 0 aliphatic rings. The van der Waals surface area contributed by atoms with Gasteiger partial charge in [-0.1, -0.05) is 0 Å². The zero-order valence-corrected chi connectivity index (χ0v) is 13.0. The number of aliphatic hydroxyl groups excluding tert-OH is 1. The van der Waals surface area contributed by atoms with Gasteiger partial charge in [-0.2, -0.15) is 0 Å². The lowest BCUT2D eigenvalue weighted by Crippen LogP contribution is -2.25. The van der Waals surface area contributed by atoms with E-state index >= 15 is 0 Å². The number of nitrogens with one attached hydrogen (secondary N) is 1. The molecule has 0 saturated carbocycles. The molecular formula is C15H24N2O5. The van der Waals surface area contributed by atoms with Crippen molar-refractivity contribution in [2.24, 2.45) is 5.73 Å². The summed E-state index contributed by atoms with van der Waals surface area (Å²) in [6.07, 6.45) is -0.465. The second-order valence-electron chi connectivity index (χ2n) is 4.30. The maximum atomic E-state index is 8.88. The van der Waals surface area contributed by atoms with Gasteiger partial charge in [0.05, 0.1) is 6.61 Å². The van der Waals surface area contributed by atoms with Gasteiger partial charge in [0.15, 0.2) is 17.8 Å². The van der Waals surface area contributed by atoms with E-state index in [1.807, 2.05) is 13.8 Å². The maximum absolute atomic E-state index is 8.88. The van der Waals surface area contributed by atoms with E-state index in [1.54, 1.807) is 18.2 Å². The SMILES string of the molecule is CCOC(COc1ccc(C(=N)N)cc1OCCO)OCC. The van der Waals surface area contributed by atoms with Crippen LogP contribution >= 0.6 is 0 Å². The molecule has 7 heteroatoms. The minimum atomic E-state index is -0.465. The van der Waals surface area contributed by atoms with Crippen LogP contribution in [0.3, 0.4) is 0 Å². The Morgan fingerprint density at radius 2 is 1.86 bits per heavy atom. The lowest BCUT2D eigenvalue weighted by Gasteiger charge is -2.19. The summed E-state index contributed by atoms with van der Waals surface area (Å²) in [7, 11) is 0. The maximum Gasteiger partial charge on any atom is 0.191 e. The lowest BCUT2D eigenvalue weighted by molar-refractivity contribution is -0.152. The number of amidine groups is 1. The highest BCUT2D eigenvalue weighted by Gasteiger charge is 2.13. The summed E-state index contributed by atoms with van der Waals surface area (Å²) in [4.78, 5) is 0. The van der Waals surface area contributed by atoms with Crippen LogP contribution in [0.15, 0.2) is 18.2 Å². The van der Waals surface area contributed by atoms with E-state index in [-0.39, 0.29) is 25.7 Å². The number of aliphatic hydroxyl groups is 1. The average molecular weight is 312 g/mol. The molecule has 0 aliphatic heterocycles. The van der Waals surface area contributed by atoms with Crippen LogP contribution in [-0.4, -0.2) is 50.3 Å². The first-order chi connectivity index (χ1) is 10.6. The molecule has 0 spiro atoms. The Hall–Kier alpha value is -1.83. The highest BCUT2D eigenvalue weighted by atomic mass is 16.7. The van der Waals surface area contributed by atoms with Gasteiger partial charge in [0.2, 0.25) is 0 Å². The first-order valence-corrected chi connectivity index (χ1v) is 7.20. The number of hydrogen-bond acceptors (Lipinski definition) is 6. The van der Waals surface area contributed by atoms with Gasteiger partial charge in [0.1, 0.15) is 19.0 Å². The van der Waals surface area contributed by atoms with Gasteiger partial charge in [-0.3, -0.25) is 5.41 Å². The van der Waals surface area contributed by atoms with Gasteiger partial charge < -0.3 is 29.8 Å². The Balaban J connectivity index is 2.80. The van der Waals surface area contributed by atoms with Crippen LogP contribution in [0, 0.1) is 5.41 Å². The molecule has 4 N–H and O–H groups in total. The molecule has 0 saturated heterocycles. The summed E-state index contributed by atoms with van der Waals surface area (Å²) in [5, 5.41) is 16.3. The second kappa shape index (κ2) is 9.99. The van der Waals surface area contributed by atoms with Crippen molar-refractivity contribution in [3.05, 3.63) is 23.8 Å². The summed E-state index contributed by atoms with van der Waals surface area (Å²) in [5.74, 6) is 0.818. The third-order valence-corrected chi connectivity index (χ3v) is 2.68. The topological polar surface area (TPSA) is 107 Å². The van der Waals surface area contributed by atoms with Gasteiger partial charge in [0.25, 0.3) is 0 Å². The molecule has 22 heavy (non-hydrogen) atoms. The molecule has 1 aromatic carbocycles. The van der Waals surface area contributed by atoms with Gasteiger partial charge in [-0.15, -0.1) is 0 Å². The molecule has 0 unspecified atom stereocenters. The number of nitrogen functional groups attached to an aromatic ring is 1. The Kier molecular flexibility index (Phi) is 8.27. The van der Waals surface area contributed by atoms with E-state index in [2.05, 4.69) is 0 Å². The van der Waals surface area contributed by atoms with Crippen LogP contribution in [0.25, 0.3) is 0 Å². The highest BCUT2D eigenvalue weighted by Crippen LogP contribution is 2.28. The van der Waals surface area contributed by atoms with E-state index in [0.717, 1.165) is 0 Å². The predicted octanol–water partition coefficient (Wildman–Crippen LogP) is 1.12. The van der Waals surface area contributed by atoms with E-state index in [0.29, 0.717) is 30.3 Å². The first kappa shape index (κ1) is 18.2. The molecule has 0 fully saturated rings. The zero-order chi connectivity index (χ0) is 16.4. The van der Waals surface area contributed by atoms with E-state index in [1.165, 1.54) is 0 Å². The number of hydrogen-bond donors (Lipinski definition) is 3. The molecule has 1 rings (SSSR count). The standard InChI is InChI=1S/C15H24N2O5/c1-3-19-14(20-4-2)10-22-12-6-5-11(15(16)17)9-13(12)21-8-7-18/h5-6,9,14,18H,3-4,7-8,10H2,1-2H3,(H3,16,17). The quantitative estimate of drug-likeness (QED) is 0.321. The fraction of sp³-hybridized carbons (Fsp3) is 0.533. The van der Waals surface area contributed by atoms with E-state index in [4.69, 9.17) is 35.2 Å². The minimum absolute atomic E-state index is 0.0677. The Bertz CT molecular complexity index is 461. The monoisotopic (exact) mass is 312 g/mol. The summed E-state index contributed by atoms with van der Waals surface area (Å²) in [6.45, 7) is 5.00. The van der Waals surface area contributed by atoms with Crippen LogP contribution in [0.4, 0.5) is 0 Å². The average Bonchev–Trinajstić information content (AvgIpc) is 2.51. The van der Waals surface area contributed by atoms with Gasteiger partial charge in [-0.25, -0.2) is 0 Å². The van der Waals surface area contributed by atoms with Crippen LogP contribution in [0.1, 0.15) is 19.4 Å². The Morgan fingerprint density at radius 1 is 1.18 bits per heavy atom. The molecule has 0 radical (unpaired) electrons. The molecule has 0 bridgehead atoms. The summed E-state index contributed by atoms with van der Waals surface area (Å²) in [6, 6.07) is 4.93. The van der Waals surface area contributed by atoms with E-state index < -0.39 is 6.29 Å². The van der Waals surface area contributed by atoms with Crippen molar-refractivity contribution in [2.45, 2.75) is 20.1 Å². The summed E-state index contributed by atoms with van der Waals surface area (Å²) >= 11 is 0. The number of nitrogens with two attached hydrogens (primary N) is 1. The van der Waals surface area contributed by atoms with Crippen molar-refractivity contribution in [1.82, 2.24) is 0 Å². The molecule has 0 heterocycles. The van der Waals surface area contributed by atoms with Gasteiger partial charge in [0, 0.05) is 18.8 Å². The van der Waals surface area contributed by atoms with Crippen LogP contribution < -0.4 is 15.2 Å². The van der Waals surface area contributed by atoms with Crippen molar-refractivity contribution >= 4 is 5.84 Å². The minimum Gasteiger partial charge on any atom is -0.487 e. The van der Waals surface area contributed by atoms with Crippen LogP contribution in [0.5, 0.6) is 11.5 Å². The van der Waals surface area contributed by atoms with Crippen molar-refractivity contribution in [3.8, 4) is 11.5 Å². The molecule has 124 valence electrons. The second-order valence-corrected chi connectivity index (χ2v) is 4.30. The largest absolute Gasteiger partial charge is 0.487 e. The molecule has 0 aromatic heterocycles. The van der Waals surface area contributed by atoms with E-state index in [9.17, 15) is 0 Å². The third-order valence-electron chi connectivity index (χ3n) is 2.68. The number of rotatable bonds is 11. The molecular weight excluding hydrogens is 288 g/mol. The van der Waals surface area contributed by atoms with Gasteiger partial charge >= 0.3 is 0 Å². The fourth-order valence-corrected chi connectivity index (χ4v) is 1.74. The Morgan fingerprint density at radius 3 is 2.41 bits per heavy atom. The number of ether oxygens (including phenoxy) is 4. The predicted molar refractivity (Wildman–Crippen MR) is 82.6 cm³/mol. The molecule has 7 nitrogen and oxygen atoms in total. The van der Waals surface area contributed by atoms with Crippen molar-refractivity contribution < 1.29 is 24.1 Å². The molecule has 0 atom stereocenters. The zero-order valence-electron chi connectivity index (χ0n) is 13.0. The smallest absolute Gasteiger partial charge is 0.191 e. The van der Waals surface area contributed by atoms with Crippen LogP contribution in [0.2, 0.25) is 0 Å². The van der Waals surface area contributed by atoms with Crippen molar-refractivity contribution in [2.75, 3.05) is 33.0 Å². The highest BCUT2D eigenvalue weighted by molar-refractivity contribution is 5.95. The fourth-order valence-electron chi connectivity index (χ4n) is 1.74. The van der Waals surface area contributed by atoms with Gasteiger partial charge in [-0.05, 0) is 32.0 Å². The summed E-state index contributed by atoms with van der Waals surface area (Å²) < 4.78 is 21.9. The third kappa shape index (κ3) is 5.88. The normalized spacial score (nSPS) is 10.7. The summed E-state index contributed by atoms with van der Waals surface area (Å²) in [5.41, 5.74) is 5.98. The lowest BCUT2D eigenvalue weighted by atomic mass is 10.2. The van der Waals surface area contributed by atoms with Crippen LogP contribution in [-0.2, 0) is 9.47 Å². The number of benzene rings is 1. The Labute approximate surface area is 130 Å². The first-order valence-electron chi connectivity index (χ1n) is 7.20. The molecule has 1 aromatic rings. The molecule has 0 aliphatic carbocycles. The van der Waals surface area contributed by atoms with Crippen molar-refractivity contribution in [1.29, 1.82) is 5.41 Å².